The molecule has 256 valence electrons. The van der Waals surface area contributed by atoms with Gasteiger partial charge < -0.3 is 29.7 Å². The minimum atomic E-state index is -1.38. The van der Waals surface area contributed by atoms with Gasteiger partial charge in [-0.3, -0.25) is 19.2 Å². The number of nitrogens with one attached hydrogen (secondary N) is 1. The summed E-state index contributed by atoms with van der Waals surface area (Å²) in [4.78, 5) is 58.4. The van der Waals surface area contributed by atoms with E-state index < -0.39 is 66.1 Å². The Hall–Kier alpha value is -3.51. The standard InChI is InChI=1S/C36H41BrClN3O7/c1-5-7-16-26(43)39-22(4)30(23-13-9-8-10-14-23)47-35(46)27-28-33(44)41(18-19-42)32(36(28)20-24(37)31(27)48-36)34(45)40(17-6-2)29-21(3)12-11-15-25(29)38/h5-6,8-15,22,24,27-28,30-32,42H,1-2,7,16-20H2,3-4H3,(H,39,43)/t22-,24?,27-,28+,30-,31-,32-,36+/m1/s1. The zero-order chi connectivity index (χ0) is 34.7. The van der Waals surface area contributed by atoms with Crippen LogP contribution in [0.5, 0.6) is 0 Å². The second-order valence-corrected chi connectivity index (χ2v) is 14.1. The van der Waals surface area contributed by atoms with E-state index in [1.807, 2.05) is 31.2 Å². The predicted molar refractivity (Wildman–Crippen MR) is 186 cm³/mol. The van der Waals surface area contributed by atoms with E-state index in [1.54, 1.807) is 43.3 Å². The normalized spacial score (nSPS) is 26.8. The van der Waals surface area contributed by atoms with Gasteiger partial charge in [0.25, 0.3) is 5.91 Å². The van der Waals surface area contributed by atoms with Crippen molar-refractivity contribution in [3.05, 3.63) is 90.0 Å². The molecule has 1 unspecified atom stereocenters. The third-order valence-electron chi connectivity index (χ3n) is 9.46. The third kappa shape index (κ3) is 6.45. The van der Waals surface area contributed by atoms with Crippen molar-refractivity contribution in [2.45, 2.75) is 67.8 Å². The molecular weight excluding hydrogens is 702 g/mol. The molecule has 3 heterocycles. The maximum atomic E-state index is 14.7. The Kier molecular flexibility index (Phi) is 11.1. The molecule has 12 heteroatoms. The van der Waals surface area contributed by atoms with Gasteiger partial charge in [0.2, 0.25) is 11.8 Å². The number of esters is 1. The molecule has 0 aromatic heterocycles. The van der Waals surface area contributed by atoms with E-state index in [-0.39, 0.29) is 36.7 Å². The highest BCUT2D eigenvalue weighted by Gasteiger charge is 2.77. The first-order valence-corrected chi connectivity index (χ1v) is 17.4. The molecule has 2 aromatic carbocycles. The number of hydrogen-bond acceptors (Lipinski definition) is 7. The first kappa shape index (κ1) is 35.8. The molecule has 48 heavy (non-hydrogen) atoms. The third-order valence-corrected chi connectivity index (χ3v) is 10.6. The summed E-state index contributed by atoms with van der Waals surface area (Å²) in [5.41, 5.74) is 0.514. The van der Waals surface area contributed by atoms with E-state index in [2.05, 4.69) is 34.4 Å². The topological polar surface area (TPSA) is 125 Å². The molecule has 10 nitrogen and oxygen atoms in total. The Balaban J connectivity index is 1.50. The lowest BCUT2D eigenvalue weighted by atomic mass is 9.70. The zero-order valence-corrected chi connectivity index (χ0v) is 29.4. The SMILES string of the molecule is C=CCCC(=O)N[C@H](C)[C@@H](OC(=O)[C@H]1[C@@H]2O[C@@]3(CC2Br)[C@@H]1C(=O)N(CCO)[C@@H]3C(=O)N(CC=C)c1c(C)cccc1Cl)c1ccccc1. The van der Waals surface area contributed by atoms with E-state index in [0.29, 0.717) is 22.7 Å². The molecule has 2 N–H and O–H groups in total. The fraction of sp³-hybridized carbons (Fsp3) is 0.444. The van der Waals surface area contributed by atoms with Gasteiger partial charge in [0.1, 0.15) is 17.7 Å². The Morgan fingerprint density at radius 1 is 1.21 bits per heavy atom. The molecule has 2 bridgehead atoms. The monoisotopic (exact) mass is 741 g/mol. The van der Waals surface area contributed by atoms with Gasteiger partial charge in [-0.05, 0) is 43.9 Å². The lowest BCUT2D eigenvalue weighted by Gasteiger charge is -2.37. The second kappa shape index (κ2) is 14.9. The van der Waals surface area contributed by atoms with Crippen LogP contribution in [0, 0.1) is 18.8 Å². The molecule has 0 aliphatic carbocycles. The van der Waals surface area contributed by atoms with Crippen molar-refractivity contribution < 1.29 is 33.8 Å². The van der Waals surface area contributed by atoms with E-state index in [9.17, 15) is 24.3 Å². The number of hydrogen-bond donors (Lipinski definition) is 2. The minimum absolute atomic E-state index is 0.101. The quantitative estimate of drug-likeness (QED) is 0.164. The second-order valence-electron chi connectivity index (χ2n) is 12.5. The molecule has 0 saturated carbocycles. The maximum absolute atomic E-state index is 14.7. The number of allylic oxidation sites excluding steroid dienone is 1. The van der Waals surface area contributed by atoms with Gasteiger partial charge in [-0.1, -0.05) is 82.1 Å². The fourth-order valence-electron chi connectivity index (χ4n) is 7.50. The number of likely N-dealkylation sites (tertiary alicyclic amines) is 1. The van der Waals surface area contributed by atoms with Crippen LogP contribution in [0.15, 0.2) is 73.8 Å². The number of ether oxygens (including phenoxy) is 2. The van der Waals surface area contributed by atoms with Gasteiger partial charge in [-0.15, -0.1) is 13.2 Å². The van der Waals surface area contributed by atoms with Crippen LogP contribution in [-0.2, 0) is 28.7 Å². The summed E-state index contributed by atoms with van der Waals surface area (Å²) in [5, 5.41) is 13.3. The number of benzene rings is 2. The van der Waals surface area contributed by atoms with Crippen molar-refractivity contribution in [2.75, 3.05) is 24.6 Å². The summed E-state index contributed by atoms with van der Waals surface area (Å²) in [7, 11) is 0. The number of carbonyl (C=O) groups excluding carboxylic acids is 4. The molecule has 8 atom stereocenters. The van der Waals surface area contributed by atoms with Crippen LogP contribution in [0.1, 0.15) is 43.4 Å². The van der Waals surface area contributed by atoms with Crippen LogP contribution in [-0.4, -0.2) is 82.0 Å². The predicted octanol–water partition coefficient (Wildman–Crippen LogP) is 4.66. The highest BCUT2D eigenvalue weighted by Crippen LogP contribution is 2.60. The first-order valence-electron chi connectivity index (χ1n) is 16.1. The molecule has 3 saturated heterocycles. The zero-order valence-electron chi connectivity index (χ0n) is 27.0. The average Bonchev–Trinajstić information content (AvgIpc) is 3.65. The molecular formula is C36H41BrClN3O7. The van der Waals surface area contributed by atoms with Crippen molar-refractivity contribution in [3.8, 4) is 0 Å². The summed E-state index contributed by atoms with van der Waals surface area (Å²) in [6.45, 7) is 10.7. The molecule has 5 rings (SSSR count). The van der Waals surface area contributed by atoms with Crippen LogP contribution >= 0.6 is 27.5 Å². The van der Waals surface area contributed by atoms with Gasteiger partial charge in [0.15, 0.2) is 0 Å². The van der Waals surface area contributed by atoms with Crippen molar-refractivity contribution in [2.24, 2.45) is 11.8 Å². The highest BCUT2D eigenvalue weighted by atomic mass is 79.9. The number of nitrogens with zero attached hydrogens (tertiary/aromatic N) is 2. The molecule has 3 aliphatic rings. The molecule has 3 fully saturated rings. The Morgan fingerprint density at radius 2 is 1.94 bits per heavy atom. The fourth-order valence-corrected chi connectivity index (χ4v) is 8.77. The summed E-state index contributed by atoms with van der Waals surface area (Å²) >= 11 is 10.3. The summed E-state index contributed by atoms with van der Waals surface area (Å²) in [6.07, 6.45) is 2.61. The van der Waals surface area contributed by atoms with Gasteiger partial charge in [-0.25, -0.2) is 0 Å². The number of β-amino-alcohol motifs (C(OH)–C–C–N with tert-alkyl or cyclic N) is 1. The minimum Gasteiger partial charge on any atom is -0.455 e. The van der Waals surface area contributed by atoms with Crippen molar-refractivity contribution in [3.63, 3.8) is 0 Å². The number of fused-ring (bicyclic) bond motifs is 1. The van der Waals surface area contributed by atoms with Crippen LogP contribution in [0.4, 0.5) is 5.69 Å². The number of halogens is 2. The maximum Gasteiger partial charge on any atom is 0.313 e. The Bertz CT molecular complexity index is 1550. The van der Waals surface area contributed by atoms with E-state index in [0.717, 1.165) is 5.56 Å². The number of aliphatic hydroxyl groups is 1. The smallest absolute Gasteiger partial charge is 0.313 e. The molecule has 2 aromatic rings. The molecule has 0 radical (unpaired) electrons. The van der Waals surface area contributed by atoms with E-state index in [4.69, 9.17) is 21.1 Å². The van der Waals surface area contributed by atoms with Crippen LogP contribution in [0.3, 0.4) is 0 Å². The summed E-state index contributed by atoms with van der Waals surface area (Å²) < 4.78 is 12.8. The number of aliphatic hydroxyl groups excluding tert-OH is 1. The average molecular weight is 743 g/mol. The van der Waals surface area contributed by atoms with Crippen LogP contribution < -0.4 is 10.2 Å². The number of para-hydroxylation sites is 1. The Morgan fingerprint density at radius 3 is 2.58 bits per heavy atom. The van der Waals surface area contributed by atoms with Crippen molar-refractivity contribution in [1.29, 1.82) is 0 Å². The Labute approximate surface area is 294 Å². The molecule has 3 amide bonds. The van der Waals surface area contributed by atoms with Gasteiger partial charge in [0.05, 0.1) is 41.3 Å². The number of aryl methyl sites for hydroxylation is 1. The highest BCUT2D eigenvalue weighted by molar-refractivity contribution is 9.09. The van der Waals surface area contributed by atoms with Crippen LogP contribution in [0.2, 0.25) is 5.02 Å². The number of carbonyl (C=O) groups is 4. The molecule has 3 aliphatic heterocycles. The lowest BCUT2D eigenvalue weighted by Crippen LogP contribution is -2.57. The van der Waals surface area contributed by atoms with Gasteiger partial charge in [-0.2, -0.15) is 0 Å². The van der Waals surface area contributed by atoms with E-state index in [1.165, 1.54) is 9.80 Å². The molecule has 1 spiro atoms. The largest absolute Gasteiger partial charge is 0.455 e. The lowest BCUT2D eigenvalue weighted by molar-refractivity contribution is -0.162. The first-order chi connectivity index (χ1) is 23.0. The number of anilines is 1. The van der Waals surface area contributed by atoms with Gasteiger partial charge >= 0.3 is 5.97 Å². The number of rotatable bonds is 14. The van der Waals surface area contributed by atoms with E-state index >= 15 is 0 Å². The summed E-state index contributed by atoms with van der Waals surface area (Å²) in [6, 6.07) is 12.6. The van der Waals surface area contributed by atoms with Gasteiger partial charge in [0, 0.05) is 24.3 Å². The van der Waals surface area contributed by atoms with Crippen molar-refractivity contribution in [1.82, 2.24) is 10.2 Å². The van der Waals surface area contributed by atoms with Crippen LogP contribution in [0.25, 0.3) is 0 Å². The number of alkyl halides is 1. The number of amides is 3. The summed E-state index contributed by atoms with van der Waals surface area (Å²) in [5.74, 6) is -3.92. The van der Waals surface area contributed by atoms with Crippen molar-refractivity contribution >= 4 is 56.9 Å².